The highest BCUT2D eigenvalue weighted by Crippen LogP contribution is 2.12. The van der Waals surface area contributed by atoms with E-state index in [9.17, 15) is 0 Å². The van der Waals surface area contributed by atoms with Crippen molar-refractivity contribution in [3.63, 3.8) is 0 Å². The van der Waals surface area contributed by atoms with Gasteiger partial charge < -0.3 is 0 Å². The third kappa shape index (κ3) is 3.29. The van der Waals surface area contributed by atoms with E-state index in [1.807, 2.05) is 11.8 Å². The van der Waals surface area contributed by atoms with Crippen molar-refractivity contribution >= 4 is 34.7 Å². The highest BCUT2D eigenvalue weighted by Gasteiger charge is 2.02. The average Bonchev–Trinajstić information content (AvgIpc) is 2.50. The first-order valence-corrected chi connectivity index (χ1v) is 6.47. The smallest absolute Gasteiger partial charge is 0.118 e. The van der Waals surface area contributed by atoms with E-state index in [0.717, 1.165) is 28.6 Å². The fraction of sp³-hybridized carbons (Fsp3) is 0.714. The van der Waals surface area contributed by atoms with E-state index >= 15 is 0 Å². The lowest BCUT2D eigenvalue weighted by molar-refractivity contribution is 0.941. The molecule has 0 unspecified atom stereocenters. The lowest BCUT2D eigenvalue weighted by Crippen LogP contribution is -1.86. The third-order valence-corrected chi connectivity index (χ3v) is 3.18. The first kappa shape index (κ1) is 10.3. The van der Waals surface area contributed by atoms with Crippen molar-refractivity contribution in [3.05, 3.63) is 10.0 Å². The van der Waals surface area contributed by atoms with Gasteiger partial charge in [0.2, 0.25) is 0 Å². The normalized spacial score (nSPS) is 10.5. The first-order chi connectivity index (χ1) is 5.86. The molecule has 1 rings (SSSR count). The first-order valence-electron chi connectivity index (χ1n) is 3.73. The van der Waals surface area contributed by atoms with Gasteiger partial charge in [-0.25, -0.2) is 0 Å². The predicted molar refractivity (Wildman–Crippen MR) is 56.4 cm³/mol. The van der Waals surface area contributed by atoms with Gasteiger partial charge in [-0.1, -0.05) is 0 Å². The van der Waals surface area contributed by atoms with Crippen LogP contribution in [0.1, 0.15) is 10.0 Å². The van der Waals surface area contributed by atoms with Gasteiger partial charge in [0, 0.05) is 18.7 Å². The molecule has 5 heteroatoms. The second-order valence-electron chi connectivity index (χ2n) is 2.27. The van der Waals surface area contributed by atoms with Crippen LogP contribution in [-0.2, 0) is 12.8 Å². The predicted octanol–water partition coefficient (Wildman–Crippen LogP) is 2.22. The number of halogens is 1. The Hall–Kier alpha value is 0.200. The van der Waals surface area contributed by atoms with Crippen LogP contribution in [0, 0.1) is 0 Å². The largest absolute Gasteiger partial charge is 0.165 e. The molecule has 0 amide bonds. The van der Waals surface area contributed by atoms with Crippen LogP contribution in [0.2, 0.25) is 0 Å². The summed E-state index contributed by atoms with van der Waals surface area (Å²) in [5.41, 5.74) is 0. The lowest BCUT2D eigenvalue weighted by Gasteiger charge is -1.89. The maximum Gasteiger partial charge on any atom is 0.118 e. The van der Waals surface area contributed by atoms with E-state index in [-0.39, 0.29) is 0 Å². The van der Waals surface area contributed by atoms with Crippen molar-refractivity contribution in [2.45, 2.75) is 12.8 Å². The highest BCUT2D eigenvalue weighted by atomic mass is 35.5. The fourth-order valence-electron chi connectivity index (χ4n) is 0.761. The number of hydrogen-bond donors (Lipinski definition) is 0. The minimum Gasteiger partial charge on any atom is -0.165 e. The third-order valence-electron chi connectivity index (χ3n) is 1.34. The molecule has 1 heterocycles. The molecule has 0 fully saturated rings. The van der Waals surface area contributed by atoms with Gasteiger partial charge in [0.25, 0.3) is 0 Å². The van der Waals surface area contributed by atoms with Gasteiger partial charge in [-0.2, -0.15) is 11.8 Å². The summed E-state index contributed by atoms with van der Waals surface area (Å²) in [7, 11) is 0. The molecule has 1 aromatic heterocycles. The monoisotopic (exact) mass is 222 g/mol. The quantitative estimate of drug-likeness (QED) is 0.715. The minimum atomic E-state index is 0.636. The molecule has 0 N–H and O–H groups in total. The van der Waals surface area contributed by atoms with Crippen molar-refractivity contribution in [1.29, 1.82) is 0 Å². The Bertz CT molecular complexity index is 227. The highest BCUT2D eigenvalue weighted by molar-refractivity contribution is 7.98. The molecule has 68 valence electrons. The molecule has 0 aliphatic heterocycles. The molecule has 0 saturated carbocycles. The average molecular weight is 223 g/mol. The number of rotatable bonds is 5. The fourth-order valence-corrected chi connectivity index (χ4v) is 2.42. The topological polar surface area (TPSA) is 25.8 Å². The number of hydrogen-bond acceptors (Lipinski definition) is 4. The molecule has 12 heavy (non-hydrogen) atoms. The van der Waals surface area contributed by atoms with Gasteiger partial charge in [0.15, 0.2) is 0 Å². The van der Waals surface area contributed by atoms with Crippen LogP contribution in [0.15, 0.2) is 0 Å². The Morgan fingerprint density at radius 3 is 2.58 bits per heavy atom. The summed E-state index contributed by atoms with van der Waals surface area (Å²) in [5, 5.41) is 10.3. The Morgan fingerprint density at radius 2 is 2.00 bits per heavy atom. The molecule has 0 atom stereocenters. The summed E-state index contributed by atoms with van der Waals surface area (Å²) in [4.78, 5) is 0. The minimum absolute atomic E-state index is 0.636. The Labute approximate surface area is 85.7 Å². The number of aryl methyl sites for hydroxylation is 2. The Morgan fingerprint density at radius 1 is 1.33 bits per heavy atom. The molecule has 2 nitrogen and oxygen atoms in total. The zero-order chi connectivity index (χ0) is 8.81. The standard InChI is InChI=1S/C7H11ClN2S2/c1-11-5-3-7-10-9-6(12-7)2-4-8/h2-5H2,1H3. The van der Waals surface area contributed by atoms with E-state index in [0.29, 0.717) is 5.88 Å². The molecule has 1 aromatic rings. The molecule has 0 radical (unpaired) electrons. The number of thioether (sulfide) groups is 1. The van der Waals surface area contributed by atoms with Gasteiger partial charge in [-0.3, -0.25) is 0 Å². The van der Waals surface area contributed by atoms with Gasteiger partial charge in [-0.15, -0.1) is 33.1 Å². The van der Waals surface area contributed by atoms with Crippen molar-refractivity contribution in [3.8, 4) is 0 Å². The zero-order valence-electron chi connectivity index (χ0n) is 6.92. The van der Waals surface area contributed by atoms with Crippen LogP contribution in [-0.4, -0.2) is 28.1 Å². The summed E-state index contributed by atoms with van der Waals surface area (Å²) < 4.78 is 0. The van der Waals surface area contributed by atoms with Crippen molar-refractivity contribution in [1.82, 2.24) is 10.2 Å². The summed E-state index contributed by atoms with van der Waals surface area (Å²) in [5.74, 6) is 1.76. The van der Waals surface area contributed by atoms with Crippen LogP contribution in [0.25, 0.3) is 0 Å². The molecule has 0 saturated heterocycles. The molecule has 0 aromatic carbocycles. The summed E-state index contributed by atoms with van der Waals surface area (Å²) in [6.45, 7) is 0. The second kappa shape index (κ2) is 5.78. The lowest BCUT2D eigenvalue weighted by atomic mass is 10.5. The maximum absolute atomic E-state index is 5.58. The van der Waals surface area contributed by atoms with E-state index in [1.165, 1.54) is 0 Å². The summed E-state index contributed by atoms with van der Waals surface area (Å²) in [6.07, 6.45) is 3.97. The number of nitrogens with zero attached hydrogens (tertiary/aromatic N) is 2. The van der Waals surface area contributed by atoms with Gasteiger partial charge >= 0.3 is 0 Å². The van der Waals surface area contributed by atoms with Crippen molar-refractivity contribution < 1.29 is 0 Å². The molecule has 0 aliphatic rings. The van der Waals surface area contributed by atoms with Crippen molar-refractivity contribution in [2.75, 3.05) is 17.9 Å². The summed E-state index contributed by atoms with van der Waals surface area (Å²) in [6, 6.07) is 0. The molecule has 0 aliphatic carbocycles. The van der Waals surface area contributed by atoms with Gasteiger partial charge in [0.05, 0.1) is 0 Å². The van der Waals surface area contributed by atoms with Gasteiger partial charge in [-0.05, 0) is 12.0 Å². The van der Waals surface area contributed by atoms with Crippen LogP contribution >= 0.6 is 34.7 Å². The zero-order valence-corrected chi connectivity index (χ0v) is 9.31. The SMILES string of the molecule is CSCCc1nnc(CCCl)s1. The van der Waals surface area contributed by atoms with Crippen LogP contribution < -0.4 is 0 Å². The molecular formula is C7H11ClN2S2. The Kier molecular flexibility index (Phi) is 4.95. The summed E-state index contributed by atoms with van der Waals surface area (Å²) >= 11 is 9.09. The molecule has 0 bridgehead atoms. The van der Waals surface area contributed by atoms with Crippen LogP contribution in [0.4, 0.5) is 0 Å². The number of alkyl halides is 1. The van der Waals surface area contributed by atoms with E-state index in [2.05, 4.69) is 16.5 Å². The van der Waals surface area contributed by atoms with E-state index < -0.39 is 0 Å². The van der Waals surface area contributed by atoms with E-state index in [4.69, 9.17) is 11.6 Å². The van der Waals surface area contributed by atoms with Crippen LogP contribution in [0.3, 0.4) is 0 Å². The molecular weight excluding hydrogens is 212 g/mol. The van der Waals surface area contributed by atoms with Crippen molar-refractivity contribution in [2.24, 2.45) is 0 Å². The van der Waals surface area contributed by atoms with Gasteiger partial charge in [0.1, 0.15) is 10.0 Å². The molecule has 0 spiro atoms. The van der Waals surface area contributed by atoms with Crippen LogP contribution in [0.5, 0.6) is 0 Å². The number of aromatic nitrogens is 2. The second-order valence-corrected chi connectivity index (χ2v) is 4.78. The maximum atomic E-state index is 5.58. The Balaban J connectivity index is 2.41. The van der Waals surface area contributed by atoms with E-state index in [1.54, 1.807) is 11.3 Å².